The molecule has 0 aliphatic heterocycles. The summed E-state index contributed by atoms with van der Waals surface area (Å²) >= 11 is 3.06. The van der Waals surface area contributed by atoms with E-state index in [1.807, 2.05) is 0 Å². The van der Waals surface area contributed by atoms with Crippen molar-refractivity contribution in [2.75, 3.05) is 7.11 Å². The topological polar surface area (TPSA) is 9.23 Å². The molecule has 0 atom stereocenters. The van der Waals surface area contributed by atoms with E-state index in [2.05, 4.69) is 20.7 Å². The third-order valence-corrected chi connectivity index (χ3v) is 1.96. The van der Waals surface area contributed by atoms with Gasteiger partial charge in [0.25, 0.3) is 0 Å². The summed E-state index contributed by atoms with van der Waals surface area (Å²) in [6.45, 7) is 0. The van der Waals surface area contributed by atoms with E-state index >= 15 is 0 Å². The molecule has 0 saturated heterocycles. The van der Waals surface area contributed by atoms with Gasteiger partial charge in [0.15, 0.2) is 0 Å². The second kappa shape index (κ2) is 3.57. The van der Waals surface area contributed by atoms with Crippen molar-refractivity contribution in [3.63, 3.8) is 0 Å². The van der Waals surface area contributed by atoms with Gasteiger partial charge in [0, 0.05) is 4.47 Å². The van der Waals surface area contributed by atoms with E-state index in [0.717, 1.165) is 6.07 Å². The van der Waals surface area contributed by atoms with Crippen LogP contribution in [0.1, 0.15) is 5.56 Å². The number of methoxy groups -OCH3 is 1. The molecule has 0 bridgehead atoms. The van der Waals surface area contributed by atoms with Gasteiger partial charge in [-0.15, -0.1) is 0 Å². The smallest absolute Gasteiger partial charge is 0.419 e. The summed E-state index contributed by atoms with van der Waals surface area (Å²) in [4.78, 5) is 0. The highest BCUT2D eigenvalue weighted by Gasteiger charge is 2.34. The predicted molar refractivity (Wildman–Crippen MR) is 45.7 cm³/mol. The first-order chi connectivity index (χ1) is 5.95. The first-order valence-corrected chi connectivity index (χ1v) is 4.15. The van der Waals surface area contributed by atoms with Crippen LogP contribution >= 0.6 is 15.9 Å². The molecule has 0 unspecified atom stereocenters. The first kappa shape index (κ1) is 10.4. The van der Waals surface area contributed by atoms with E-state index in [-0.39, 0.29) is 5.75 Å². The van der Waals surface area contributed by atoms with Crippen molar-refractivity contribution in [3.05, 3.63) is 28.2 Å². The minimum atomic E-state index is -4.37. The van der Waals surface area contributed by atoms with Gasteiger partial charge in [-0.05, 0) is 18.2 Å². The Morgan fingerprint density at radius 2 is 1.92 bits per heavy atom. The van der Waals surface area contributed by atoms with Crippen molar-refractivity contribution in [3.8, 4) is 5.75 Å². The van der Waals surface area contributed by atoms with Gasteiger partial charge in [-0.3, -0.25) is 0 Å². The Morgan fingerprint density at radius 3 is 2.38 bits per heavy atom. The van der Waals surface area contributed by atoms with Gasteiger partial charge < -0.3 is 4.74 Å². The maximum Gasteiger partial charge on any atom is 0.419 e. The van der Waals surface area contributed by atoms with Crippen LogP contribution in [0.15, 0.2) is 22.7 Å². The number of benzene rings is 1. The zero-order valence-corrected chi connectivity index (χ0v) is 8.24. The minimum absolute atomic E-state index is 0.179. The van der Waals surface area contributed by atoms with Crippen molar-refractivity contribution < 1.29 is 17.9 Å². The maximum absolute atomic E-state index is 12.3. The van der Waals surface area contributed by atoms with E-state index in [0.29, 0.717) is 4.47 Å². The predicted octanol–water partition coefficient (Wildman–Crippen LogP) is 3.48. The van der Waals surface area contributed by atoms with E-state index in [1.54, 1.807) is 0 Å². The largest absolute Gasteiger partial charge is 0.496 e. The number of hydrogen-bond donors (Lipinski definition) is 0. The van der Waals surface area contributed by atoms with Crippen molar-refractivity contribution in [2.45, 2.75) is 6.18 Å². The Morgan fingerprint density at radius 1 is 1.31 bits per heavy atom. The van der Waals surface area contributed by atoms with Crippen molar-refractivity contribution >= 4 is 15.9 Å². The molecule has 0 radical (unpaired) electrons. The summed E-state index contributed by atoms with van der Waals surface area (Å²) in [6.07, 6.45) is -4.37. The molecular weight excluding hydrogens is 249 g/mol. The number of rotatable bonds is 1. The fourth-order valence-corrected chi connectivity index (χ4v) is 1.24. The summed E-state index contributed by atoms with van der Waals surface area (Å²) in [7, 11) is 1.21. The fourth-order valence-electron chi connectivity index (χ4n) is 0.899. The lowest BCUT2D eigenvalue weighted by atomic mass is 10.2. The third-order valence-electron chi connectivity index (χ3n) is 1.47. The van der Waals surface area contributed by atoms with Gasteiger partial charge in [0.05, 0.1) is 12.7 Å². The van der Waals surface area contributed by atoms with E-state index in [1.165, 1.54) is 19.2 Å². The summed E-state index contributed by atoms with van der Waals surface area (Å²) in [6, 6.07) is 3.58. The van der Waals surface area contributed by atoms with Crippen LogP contribution in [-0.4, -0.2) is 7.11 Å². The van der Waals surface area contributed by atoms with Crippen LogP contribution < -0.4 is 4.74 Å². The van der Waals surface area contributed by atoms with Crippen LogP contribution in [-0.2, 0) is 6.18 Å². The molecule has 0 aromatic heterocycles. The molecule has 0 saturated carbocycles. The molecule has 0 aliphatic rings. The maximum atomic E-state index is 12.3. The second-order valence-corrected chi connectivity index (χ2v) is 3.26. The van der Waals surface area contributed by atoms with Crippen LogP contribution in [0.4, 0.5) is 13.2 Å². The average molecular weight is 255 g/mol. The Kier molecular flexibility index (Phi) is 2.85. The highest BCUT2D eigenvalue weighted by atomic mass is 79.9. The molecule has 0 spiro atoms. The lowest BCUT2D eigenvalue weighted by molar-refractivity contribution is -0.138. The normalized spacial score (nSPS) is 11.5. The zero-order valence-electron chi connectivity index (χ0n) is 6.65. The number of hydrogen-bond acceptors (Lipinski definition) is 1. The zero-order chi connectivity index (χ0) is 10.1. The Bertz CT molecular complexity index is 309. The highest BCUT2D eigenvalue weighted by Crippen LogP contribution is 2.37. The van der Waals surface area contributed by atoms with Crippen LogP contribution in [0, 0.1) is 0 Å². The molecule has 0 amide bonds. The molecule has 0 N–H and O–H groups in total. The van der Waals surface area contributed by atoms with Gasteiger partial charge in [-0.1, -0.05) is 15.9 Å². The lowest BCUT2D eigenvalue weighted by Crippen LogP contribution is -2.07. The molecule has 1 aromatic rings. The van der Waals surface area contributed by atoms with Gasteiger partial charge in [0.2, 0.25) is 0 Å². The monoisotopic (exact) mass is 254 g/mol. The number of halogens is 4. The van der Waals surface area contributed by atoms with E-state index in [9.17, 15) is 13.2 Å². The number of alkyl halides is 3. The van der Waals surface area contributed by atoms with Gasteiger partial charge >= 0.3 is 6.18 Å². The van der Waals surface area contributed by atoms with Gasteiger partial charge in [-0.25, -0.2) is 0 Å². The quantitative estimate of drug-likeness (QED) is 0.746. The second-order valence-electron chi connectivity index (χ2n) is 2.34. The SMILES string of the molecule is COc1cc(Br)ccc1C(F)(F)F. The molecule has 1 aromatic carbocycles. The van der Waals surface area contributed by atoms with Crippen LogP contribution in [0.5, 0.6) is 5.75 Å². The Labute approximate surface area is 81.6 Å². The molecule has 0 aliphatic carbocycles. The van der Waals surface area contributed by atoms with Crippen LogP contribution in [0.3, 0.4) is 0 Å². The fraction of sp³-hybridized carbons (Fsp3) is 0.250. The standard InChI is InChI=1S/C8H6BrF3O/c1-13-7-4-5(9)2-3-6(7)8(10,11)12/h2-4H,1H3. The molecule has 5 heteroatoms. The van der Waals surface area contributed by atoms with Gasteiger partial charge in [0.1, 0.15) is 5.75 Å². The van der Waals surface area contributed by atoms with Gasteiger partial charge in [-0.2, -0.15) is 13.2 Å². The van der Waals surface area contributed by atoms with Crippen LogP contribution in [0.25, 0.3) is 0 Å². The summed E-state index contributed by atoms with van der Waals surface area (Å²) in [5.41, 5.74) is -0.766. The molecular formula is C8H6BrF3O. The van der Waals surface area contributed by atoms with E-state index < -0.39 is 11.7 Å². The van der Waals surface area contributed by atoms with Crippen LogP contribution in [0.2, 0.25) is 0 Å². The van der Waals surface area contributed by atoms with Crippen molar-refractivity contribution in [1.29, 1.82) is 0 Å². The molecule has 0 heterocycles. The third kappa shape index (κ3) is 2.37. The molecule has 1 rings (SSSR count). The molecule has 0 fully saturated rings. The minimum Gasteiger partial charge on any atom is -0.496 e. The summed E-state index contributed by atoms with van der Waals surface area (Å²) in [5.74, 6) is -0.179. The van der Waals surface area contributed by atoms with Crippen molar-refractivity contribution in [2.24, 2.45) is 0 Å². The molecule has 13 heavy (non-hydrogen) atoms. The summed E-state index contributed by atoms with van der Waals surface area (Å²) < 4.78 is 42.0. The van der Waals surface area contributed by atoms with Crippen molar-refractivity contribution in [1.82, 2.24) is 0 Å². The molecule has 1 nitrogen and oxygen atoms in total. The molecule has 72 valence electrons. The average Bonchev–Trinajstić information content (AvgIpc) is 2.01. The highest BCUT2D eigenvalue weighted by molar-refractivity contribution is 9.10. The number of ether oxygens (including phenoxy) is 1. The lowest BCUT2D eigenvalue weighted by Gasteiger charge is -2.11. The Hall–Kier alpha value is -0.710. The first-order valence-electron chi connectivity index (χ1n) is 3.36. The Balaban J connectivity index is 3.22. The van der Waals surface area contributed by atoms with E-state index in [4.69, 9.17) is 0 Å². The summed E-state index contributed by atoms with van der Waals surface area (Å²) in [5, 5.41) is 0.